The summed E-state index contributed by atoms with van der Waals surface area (Å²) in [5.74, 6) is 0.247. The highest BCUT2D eigenvalue weighted by Gasteiger charge is 2.24. The second-order valence-electron chi connectivity index (χ2n) is 4.33. The van der Waals surface area contributed by atoms with E-state index in [0.717, 1.165) is 4.70 Å². The molecule has 0 aliphatic rings. The molecule has 0 fully saturated rings. The molecule has 3 aromatic rings. The first-order valence-corrected chi connectivity index (χ1v) is 8.47. The number of thiophene rings is 1. The molecule has 0 radical (unpaired) electrons. The molecule has 0 saturated carbocycles. The predicted octanol–water partition coefficient (Wildman–Crippen LogP) is 2.59. The topological polar surface area (TPSA) is 79.3 Å². The lowest BCUT2D eigenvalue weighted by Gasteiger charge is -2.08. The molecular formula is C14H12N2O3S2. The summed E-state index contributed by atoms with van der Waals surface area (Å²) in [7, 11) is -3.80. The summed E-state index contributed by atoms with van der Waals surface area (Å²) in [6.45, 7) is -0.322. The van der Waals surface area contributed by atoms with E-state index in [0.29, 0.717) is 10.3 Å². The van der Waals surface area contributed by atoms with Crippen LogP contribution in [0.4, 0.5) is 5.82 Å². The summed E-state index contributed by atoms with van der Waals surface area (Å²) in [6.07, 6.45) is 1.51. The minimum absolute atomic E-state index is 0.122. The molecule has 1 aromatic carbocycles. The van der Waals surface area contributed by atoms with E-state index in [4.69, 9.17) is 0 Å². The first-order valence-electron chi connectivity index (χ1n) is 6.17. The number of nitrogens with zero attached hydrogens (tertiary/aromatic N) is 1. The fourth-order valence-corrected chi connectivity index (χ4v) is 4.89. The Balaban J connectivity index is 2.14. The molecule has 2 aromatic heterocycles. The van der Waals surface area contributed by atoms with Crippen LogP contribution in [0.15, 0.2) is 53.6 Å². The number of nitrogens with one attached hydrogen (secondary N) is 1. The van der Waals surface area contributed by atoms with Gasteiger partial charge in [-0.15, -0.1) is 11.3 Å². The van der Waals surface area contributed by atoms with Gasteiger partial charge in [0.1, 0.15) is 10.7 Å². The zero-order valence-electron chi connectivity index (χ0n) is 10.9. The van der Waals surface area contributed by atoms with Crippen LogP contribution in [0, 0.1) is 0 Å². The van der Waals surface area contributed by atoms with Gasteiger partial charge in [-0.25, -0.2) is 13.4 Å². The second kappa shape index (κ2) is 5.44. The van der Waals surface area contributed by atoms with E-state index in [9.17, 15) is 13.5 Å². The van der Waals surface area contributed by atoms with Crippen LogP contribution >= 0.6 is 11.3 Å². The lowest BCUT2D eigenvalue weighted by Crippen LogP contribution is -2.14. The van der Waals surface area contributed by atoms with Crippen LogP contribution in [0.5, 0.6) is 0 Å². The van der Waals surface area contributed by atoms with E-state index in [1.54, 1.807) is 30.3 Å². The molecular weight excluding hydrogens is 308 g/mol. The average molecular weight is 320 g/mol. The molecule has 21 heavy (non-hydrogen) atoms. The third-order valence-corrected chi connectivity index (χ3v) is 5.70. The van der Waals surface area contributed by atoms with Gasteiger partial charge in [0.05, 0.1) is 11.5 Å². The van der Waals surface area contributed by atoms with Crippen LogP contribution in [0.3, 0.4) is 0 Å². The Hall–Kier alpha value is -1.96. The van der Waals surface area contributed by atoms with Crippen molar-refractivity contribution in [2.45, 2.75) is 11.5 Å². The van der Waals surface area contributed by atoms with Gasteiger partial charge in [0, 0.05) is 16.3 Å². The van der Waals surface area contributed by atoms with Gasteiger partial charge in [-0.2, -0.15) is 0 Å². The molecule has 0 unspecified atom stereocenters. The summed E-state index contributed by atoms with van der Waals surface area (Å²) >= 11 is 1.27. The standard InChI is InChI=1S/C14H12N2O3S2/c17-9-12-14(10-5-1-2-6-11(10)20-12)21(18,19)16-13-7-3-4-8-15-13/h1-8,17H,9H2,(H,15,16). The van der Waals surface area contributed by atoms with Crippen molar-refractivity contribution in [2.75, 3.05) is 4.72 Å². The van der Waals surface area contributed by atoms with Gasteiger partial charge in [-0.05, 0) is 18.2 Å². The minimum Gasteiger partial charge on any atom is -0.391 e. The van der Waals surface area contributed by atoms with Crippen molar-refractivity contribution < 1.29 is 13.5 Å². The zero-order valence-corrected chi connectivity index (χ0v) is 12.5. The van der Waals surface area contributed by atoms with Crippen molar-refractivity contribution in [3.8, 4) is 0 Å². The molecule has 0 aliphatic carbocycles. The maximum atomic E-state index is 12.6. The lowest BCUT2D eigenvalue weighted by atomic mass is 10.2. The number of hydrogen-bond donors (Lipinski definition) is 2. The van der Waals surface area contributed by atoms with Gasteiger partial charge in [0.25, 0.3) is 10.0 Å². The maximum absolute atomic E-state index is 12.6. The molecule has 0 spiro atoms. The van der Waals surface area contributed by atoms with Gasteiger partial charge in [0.15, 0.2) is 0 Å². The van der Waals surface area contributed by atoms with Crippen molar-refractivity contribution >= 4 is 37.3 Å². The van der Waals surface area contributed by atoms with Crippen molar-refractivity contribution in [1.29, 1.82) is 0 Å². The first-order chi connectivity index (χ1) is 10.1. The third-order valence-electron chi connectivity index (χ3n) is 2.93. The first kappa shape index (κ1) is 14.0. The molecule has 0 amide bonds. The maximum Gasteiger partial charge on any atom is 0.264 e. The Morgan fingerprint density at radius 3 is 2.62 bits per heavy atom. The van der Waals surface area contributed by atoms with E-state index < -0.39 is 10.0 Å². The Morgan fingerprint density at radius 1 is 1.14 bits per heavy atom. The molecule has 108 valence electrons. The fraction of sp³-hybridized carbons (Fsp3) is 0.0714. The smallest absolute Gasteiger partial charge is 0.264 e. The summed E-state index contributed by atoms with van der Waals surface area (Å²) in [4.78, 5) is 4.50. The van der Waals surface area contributed by atoms with Crippen molar-refractivity contribution in [3.05, 3.63) is 53.5 Å². The van der Waals surface area contributed by atoms with Gasteiger partial charge in [-0.3, -0.25) is 4.72 Å². The predicted molar refractivity (Wildman–Crippen MR) is 82.8 cm³/mol. The third kappa shape index (κ3) is 2.63. The summed E-state index contributed by atoms with van der Waals surface area (Å²) < 4.78 is 28.5. The number of rotatable bonds is 4. The Kier molecular flexibility index (Phi) is 3.62. The fourth-order valence-electron chi connectivity index (χ4n) is 2.08. The molecule has 0 aliphatic heterocycles. The normalized spacial score (nSPS) is 11.7. The number of fused-ring (bicyclic) bond motifs is 1. The highest BCUT2D eigenvalue weighted by molar-refractivity contribution is 7.93. The van der Waals surface area contributed by atoms with Gasteiger partial charge >= 0.3 is 0 Å². The van der Waals surface area contributed by atoms with Crippen molar-refractivity contribution in [2.24, 2.45) is 0 Å². The van der Waals surface area contributed by atoms with E-state index in [2.05, 4.69) is 9.71 Å². The highest BCUT2D eigenvalue weighted by atomic mass is 32.2. The number of pyridine rings is 1. The van der Waals surface area contributed by atoms with Crippen LogP contribution in [-0.2, 0) is 16.6 Å². The van der Waals surface area contributed by atoms with E-state index in [-0.39, 0.29) is 17.3 Å². The SMILES string of the molecule is O=S(=O)(Nc1ccccn1)c1c(CO)sc2ccccc12. The van der Waals surface area contributed by atoms with Crippen LogP contribution in [0.25, 0.3) is 10.1 Å². The van der Waals surface area contributed by atoms with E-state index in [1.165, 1.54) is 17.5 Å². The van der Waals surface area contributed by atoms with Gasteiger partial charge < -0.3 is 5.11 Å². The van der Waals surface area contributed by atoms with Crippen molar-refractivity contribution in [1.82, 2.24) is 4.98 Å². The Bertz CT molecular complexity index is 874. The number of aliphatic hydroxyl groups excluding tert-OH is 1. The van der Waals surface area contributed by atoms with Gasteiger partial charge in [-0.1, -0.05) is 24.3 Å². The number of benzene rings is 1. The quantitative estimate of drug-likeness (QED) is 0.774. The van der Waals surface area contributed by atoms with Crippen LogP contribution in [0.1, 0.15) is 4.88 Å². The number of aliphatic hydroxyl groups is 1. The lowest BCUT2D eigenvalue weighted by molar-refractivity contribution is 0.283. The minimum atomic E-state index is -3.80. The Morgan fingerprint density at radius 2 is 1.90 bits per heavy atom. The highest BCUT2D eigenvalue weighted by Crippen LogP contribution is 2.35. The number of hydrogen-bond acceptors (Lipinski definition) is 5. The van der Waals surface area contributed by atoms with Crippen LogP contribution in [0.2, 0.25) is 0 Å². The molecule has 7 heteroatoms. The summed E-state index contributed by atoms with van der Waals surface area (Å²) in [5, 5.41) is 10.1. The molecule has 3 rings (SSSR count). The summed E-state index contributed by atoms with van der Waals surface area (Å²) in [5.41, 5.74) is 0. The molecule has 0 atom stereocenters. The van der Waals surface area contributed by atoms with Crippen LogP contribution in [-0.4, -0.2) is 18.5 Å². The molecule has 2 heterocycles. The molecule has 5 nitrogen and oxygen atoms in total. The summed E-state index contributed by atoms with van der Waals surface area (Å²) in [6, 6.07) is 12.2. The zero-order chi connectivity index (χ0) is 14.9. The average Bonchev–Trinajstić information content (AvgIpc) is 2.87. The Labute approximate surface area is 125 Å². The molecule has 2 N–H and O–H groups in total. The van der Waals surface area contributed by atoms with E-state index in [1.807, 2.05) is 12.1 Å². The number of anilines is 1. The second-order valence-corrected chi connectivity index (χ2v) is 7.09. The monoisotopic (exact) mass is 320 g/mol. The van der Waals surface area contributed by atoms with E-state index >= 15 is 0 Å². The van der Waals surface area contributed by atoms with Crippen LogP contribution < -0.4 is 4.72 Å². The number of aromatic nitrogens is 1. The number of sulfonamides is 1. The van der Waals surface area contributed by atoms with Crippen molar-refractivity contribution in [3.63, 3.8) is 0 Å². The van der Waals surface area contributed by atoms with Gasteiger partial charge in [0.2, 0.25) is 0 Å². The largest absolute Gasteiger partial charge is 0.391 e. The molecule has 0 saturated heterocycles. The molecule has 0 bridgehead atoms.